The highest BCUT2D eigenvalue weighted by atomic mass is 35.5. The number of aromatic hydroxyl groups is 1. The van der Waals surface area contributed by atoms with Gasteiger partial charge in [-0.2, -0.15) is 0 Å². The first kappa shape index (κ1) is 23.6. The standard InChI is InChI=1S/C24H23Cl3N2O5/c1-3-8-29-19(31)13-6-5-12-15(17(13)20(29)32)10-23(26)21(33)28(2)22(34)24(23,27)18(12)14-9-11(25)4-7-16(14)30/h4-5,7,9,13,15,17-18,30H,3,6,8,10H2,1-2H3. The van der Waals surface area contributed by atoms with Gasteiger partial charge < -0.3 is 5.11 Å². The number of benzene rings is 1. The molecule has 10 heteroatoms. The van der Waals surface area contributed by atoms with Gasteiger partial charge in [-0.25, -0.2) is 0 Å². The molecule has 2 saturated heterocycles. The summed E-state index contributed by atoms with van der Waals surface area (Å²) < 4.78 is 0. The number of imide groups is 2. The van der Waals surface area contributed by atoms with Crippen molar-refractivity contribution in [1.29, 1.82) is 0 Å². The van der Waals surface area contributed by atoms with Crippen LogP contribution in [-0.2, 0) is 19.2 Å². The number of alkyl halides is 2. The fraction of sp³-hybridized carbons (Fsp3) is 0.500. The monoisotopic (exact) mass is 524 g/mol. The van der Waals surface area contributed by atoms with Crippen molar-refractivity contribution in [3.8, 4) is 5.75 Å². The van der Waals surface area contributed by atoms with Gasteiger partial charge in [-0.05, 0) is 43.4 Å². The average molecular weight is 526 g/mol. The Labute approximate surface area is 211 Å². The molecule has 1 N–H and O–H groups in total. The molecule has 1 saturated carbocycles. The Morgan fingerprint density at radius 1 is 1.09 bits per heavy atom. The predicted octanol–water partition coefficient (Wildman–Crippen LogP) is 3.44. The van der Waals surface area contributed by atoms with Gasteiger partial charge in [0.25, 0.3) is 11.8 Å². The molecule has 2 aliphatic carbocycles. The van der Waals surface area contributed by atoms with Crippen molar-refractivity contribution in [2.45, 2.75) is 41.9 Å². The molecule has 0 radical (unpaired) electrons. The van der Waals surface area contributed by atoms with Gasteiger partial charge in [0.15, 0.2) is 9.75 Å². The van der Waals surface area contributed by atoms with Gasteiger partial charge in [-0.1, -0.05) is 30.2 Å². The zero-order valence-electron chi connectivity index (χ0n) is 18.6. The van der Waals surface area contributed by atoms with Gasteiger partial charge in [0.1, 0.15) is 5.75 Å². The molecule has 1 aromatic carbocycles. The molecule has 4 aliphatic rings. The summed E-state index contributed by atoms with van der Waals surface area (Å²) in [6, 6.07) is 4.39. The van der Waals surface area contributed by atoms with Gasteiger partial charge >= 0.3 is 0 Å². The SMILES string of the molecule is CCCN1C(=O)C2CC=C3C(CC4(Cl)C(=O)N(C)C(=O)C4(Cl)C3c3cc(Cl)ccc3O)C2C1=O. The Hall–Kier alpha value is -2.09. The maximum atomic E-state index is 13.4. The Kier molecular flexibility index (Phi) is 5.36. The first-order chi connectivity index (χ1) is 16.0. The van der Waals surface area contributed by atoms with Crippen LogP contribution < -0.4 is 0 Å². The molecule has 180 valence electrons. The van der Waals surface area contributed by atoms with Gasteiger partial charge in [0, 0.05) is 30.1 Å². The van der Waals surface area contributed by atoms with Crippen LogP contribution in [0, 0.1) is 17.8 Å². The summed E-state index contributed by atoms with van der Waals surface area (Å²) in [5.41, 5.74) is 0.876. The van der Waals surface area contributed by atoms with Crippen LogP contribution in [0.3, 0.4) is 0 Å². The lowest BCUT2D eigenvalue weighted by Gasteiger charge is -2.50. The van der Waals surface area contributed by atoms with Crippen LogP contribution >= 0.6 is 34.8 Å². The summed E-state index contributed by atoms with van der Waals surface area (Å²) in [6.07, 6.45) is 2.67. The lowest BCUT2D eigenvalue weighted by atomic mass is 9.56. The van der Waals surface area contributed by atoms with E-state index in [1.807, 2.05) is 13.0 Å². The van der Waals surface area contributed by atoms with E-state index in [2.05, 4.69) is 0 Å². The number of halogens is 3. The quantitative estimate of drug-likeness (QED) is 0.371. The molecule has 1 aromatic rings. The number of likely N-dealkylation sites (tertiary alicyclic amines) is 2. The summed E-state index contributed by atoms with van der Waals surface area (Å²) in [4.78, 5) is 51.6. The van der Waals surface area contributed by atoms with Crippen LogP contribution in [0.4, 0.5) is 0 Å². The van der Waals surface area contributed by atoms with Crippen molar-refractivity contribution < 1.29 is 24.3 Å². The first-order valence-electron chi connectivity index (χ1n) is 11.2. The minimum absolute atomic E-state index is 0.0726. The highest BCUT2D eigenvalue weighted by Gasteiger charge is 2.76. The smallest absolute Gasteiger partial charge is 0.253 e. The Bertz CT molecular complexity index is 1190. The zero-order chi connectivity index (χ0) is 24.7. The molecule has 7 nitrogen and oxygen atoms in total. The maximum absolute atomic E-state index is 13.4. The second-order valence-corrected chi connectivity index (χ2v) is 11.2. The third-order valence-electron chi connectivity index (χ3n) is 7.85. The molecular formula is C24H23Cl3N2O5. The van der Waals surface area contributed by atoms with E-state index in [0.717, 1.165) is 4.90 Å². The van der Waals surface area contributed by atoms with Gasteiger partial charge in [-0.15, -0.1) is 23.2 Å². The molecule has 6 unspecified atom stereocenters. The van der Waals surface area contributed by atoms with E-state index in [4.69, 9.17) is 34.8 Å². The topological polar surface area (TPSA) is 95.0 Å². The summed E-state index contributed by atoms with van der Waals surface area (Å²) in [7, 11) is 1.32. The number of carbonyl (C=O) groups excluding carboxylic acids is 4. The predicted molar refractivity (Wildman–Crippen MR) is 126 cm³/mol. The van der Waals surface area contributed by atoms with E-state index in [9.17, 15) is 24.3 Å². The van der Waals surface area contributed by atoms with Crippen molar-refractivity contribution in [3.05, 3.63) is 40.4 Å². The summed E-state index contributed by atoms with van der Waals surface area (Å²) in [5.74, 6) is -4.93. The van der Waals surface area contributed by atoms with Crippen molar-refractivity contribution in [1.82, 2.24) is 9.80 Å². The molecule has 5 rings (SSSR count). The number of hydrogen-bond donors (Lipinski definition) is 1. The molecule has 4 amide bonds. The highest BCUT2D eigenvalue weighted by molar-refractivity contribution is 6.53. The van der Waals surface area contributed by atoms with Crippen LogP contribution in [0.15, 0.2) is 29.8 Å². The van der Waals surface area contributed by atoms with Crippen molar-refractivity contribution in [3.63, 3.8) is 0 Å². The number of fused-ring (bicyclic) bond motifs is 4. The number of carbonyl (C=O) groups is 4. The van der Waals surface area contributed by atoms with Crippen LogP contribution in [0.25, 0.3) is 0 Å². The number of nitrogens with zero attached hydrogens (tertiary/aromatic N) is 2. The van der Waals surface area contributed by atoms with E-state index >= 15 is 0 Å². The second kappa shape index (κ2) is 7.70. The molecular weight excluding hydrogens is 503 g/mol. The van der Waals surface area contributed by atoms with Crippen LogP contribution in [-0.4, -0.2) is 61.9 Å². The minimum Gasteiger partial charge on any atom is -0.508 e. The number of rotatable bonds is 3. The van der Waals surface area contributed by atoms with Crippen molar-refractivity contribution in [2.24, 2.45) is 17.8 Å². The fourth-order valence-corrected chi connectivity index (χ4v) is 7.55. The summed E-state index contributed by atoms with van der Waals surface area (Å²) >= 11 is 20.3. The molecule has 0 aromatic heterocycles. The van der Waals surface area contributed by atoms with Gasteiger partial charge in [0.2, 0.25) is 11.8 Å². The lowest BCUT2D eigenvalue weighted by Crippen LogP contribution is -2.60. The third kappa shape index (κ3) is 2.78. The summed E-state index contributed by atoms with van der Waals surface area (Å²) in [6.45, 7) is 2.20. The van der Waals surface area contributed by atoms with Gasteiger partial charge in [-0.3, -0.25) is 29.0 Å². The lowest BCUT2D eigenvalue weighted by molar-refractivity contribution is -0.141. The molecule has 2 heterocycles. The number of allylic oxidation sites excluding steroid dienone is 2. The van der Waals surface area contributed by atoms with Crippen LogP contribution in [0.5, 0.6) is 5.75 Å². The number of phenolic OH excluding ortho intramolecular Hbond substituents is 1. The highest BCUT2D eigenvalue weighted by Crippen LogP contribution is 2.66. The third-order valence-corrected chi connectivity index (χ3v) is 9.50. The maximum Gasteiger partial charge on any atom is 0.253 e. The number of phenols is 1. The first-order valence-corrected chi connectivity index (χ1v) is 12.4. The Morgan fingerprint density at radius 3 is 2.47 bits per heavy atom. The average Bonchev–Trinajstić information content (AvgIpc) is 3.11. The molecule has 0 spiro atoms. The molecule has 34 heavy (non-hydrogen) atoms. The minimum atomic E-state index is -1.94. The van der Waals surface area contributed by atoms with Crippen LogP contribution in [0.1, 0.15) is 37.7 Å². The summed E-state index contributed by atoms with van der Waals surface area (Å²) in [5, 5.41) is 11.1. The largest absolute Gasteiger partial charge is 0.508 e. The molecule has 0 bridgehead atoms. The van der Waals surface area contributed by atoms with E-state index in [1.165, 1.54) is 30.1 Å². The Morgan fingerprint density at radius 2 is 1.79 bits per heavy atom. The van der Waals surface area contributed by atoms with E-state index in [-0.39, 0.29) is 29.5 Å². The van der Waals surface area contributed by atoms with Crippen LogP contribution in [0.2, 0.25) is 5.02 Å². The molecule has 3 fully saturated rings. The van der Waals surface area contributed by atoms with E-state index < -0.39 is 45.2 Å². The van der Waals surface area contributed by atoms with Gasteiger partial charge in [0.05, 0.1) is 11.8 Å². The van der Waals surface area contributed by atoms with E-state index in [0.29, 0.717) is 30.0 Å². The number of hydrogen-bond acceptors (Lipinski definition) is 5. The number of amides is 4. The normalized spacial score (nSPS) is 37.0. The molecule has 2 aliphatic heterocycles. The van der Waals surface area contributed by atoms with E-state index in [1.54, 1.807) is 0 Å². The second-order valence-electron chi connectivity index (χ2n) is 9.53. The molecule has 6 atom stereocenters. The Balaban J connectivity index is 1.74. The van der Waals surface area contributed by atoms with Crippen molar-refractivity contribution >= 4 is 58.4 Å². The fourth-order valence-electron chi connectivity index (χ4n) is 6.36. The zero-order valence-corrected chi connectivity index (χ0v) is 20.8. The van der Waals surface area contributed by atoms with Crippen molar-refractivity contribution in [2.75, 3.05) is 13.6 Å².